The monoisotopic (exact) mass is 356 g/mol. The molecular weight excluding hydrogens is 332 g/mol. The fourth-order valence-corrected chi connectivity index (χ4v) is 2.85. The average Bonchev–Trinajstić information content (AvgIpc) is 2.60. The topological polar surface area (TPSA) is 94.6 Å². The van der Waals surface area contributed by atoms with Crippen LogP contribution in [0.5, 0.6) is 5.75 Å². The Bertz CT molecular complexity index is 803. The quantitative estimate of drug-likeness (QED) is 0.785. The van der Waals surface area contributed by atoms with Crippen LogP contribution in [0.4, 0.5) is 0 Å². The van der Waals surface area contributed by atoms with Gasteiger partial charge in [-0.05, 0) is 44.4 Å². The van der Waals surface area contributed by atoms with Crippen LogP contribution in [-0.4, -0.2) is 19.2 Å². The molecule has 1 aliphatic heterocycles. The lowest BCUT2D eigenvalue weighted by Crippen LogP contribution is -2.25. The van der Waals surface area contributed by atoms with E-state index >= 15 is 0 Å². The highest BCUT2D eigenvalue weighted by atomic mass is 16.5. The van der Waals surface area contributed by atoms with Crippen molar-refractivity contribution in [1.29, 1.82) is 5.26 Å². The molecule has 0 fully saturated rings. The van der Waals surface area contributed by atoms with Gasteiger partial charge in [-0.2, -0.15) is 5.26 Å². The predicted octanol–water partition coefficient (Wildman–Crippen LogP) is 3.43. The van der Waals surface area contributed by atoms with Crippen molar-refractivity contribution >= 4 is 5.97 Å². The Hall–Kier alpha value is -2.94. The van der Waals surface area contributed by atoms with Crippen LogP contribution in [0, 0.1) is 18.3 Å². The van der Waals surface area contributed by atoms with Crippen molar-refractivity contribution in [1.82, 2.24) is 0 Å². The van der Waals surface area contributed by atoms with E-state index in [1.54, 1.807) is 13.8 Å². The fraction of sp³-hybridized carbons (Fsp3) is 0.400. The number of esters is 1. The van der Waals surface area contributed by atoms with E-state index < -0.39 is 11.9 Å². The average molecular weight is 356 g/mol. The Morgan fingerprint density at radius 2 is 2.08 bits per heavy atom. The van der Waals surface area contributed by atoms with E-state index in [4.69, 9.17) is 19.9 Å². The van der Waals surface area contributed by atoms with Crippen molar-refractivity contribution in [3.8, 4) is 11.8 Å². The largest absolute Gasteiger partial charge is 0.493 e. The number of nitrogens with two attached hydrogens (primary N) is 1. The van der Waals surface area contributed by atoms with Gasteiger partial charge < -0.3 is 19.9 Å². The third-order valence-electron chi connectivity index (χ3n) is 4.11. The zero-order chi connectivity index (χ0) is 19.3. The number of benzene rings is 1. The molecule has 26 heavy (non-hydrogen) atoms. The molecule has 0 radical (unpaired) electrons. The van der Waals surface area contributed by atoms with Gasteiger partial charge in [-0.25, -0.2) is 4.79 Å². The molecule has 0 amide bonds. The molecule has 0 saturated heterocycles. The maximum Gasteiger partial charge on any atom is 0.338 e. The first-order valence-electron chi connectivity index (χ1n) is 8.63. The molecule has 0 spiro atoms. The summed E-state index contributed by atoms with van der Waals surface area (Å²) in [6, 6.07) is 7.68. The smallest absolute Gasteiger partial charge is 0.338 e. The summed E-state index contributed by atoms with van der Waals surface area (Å²) in [5, 5.41) is 9.60. The van der Waals surface area contributed by atoms with Crippen LogP contribution in [0.3, 0.4) is 0 Å². The number of nitriles is 1. The third-order valence-corrected chi connectivity index (χ3v) is 4.11. The second-order valence-electron chi connectivity index (χ2n) is 5.99. The zero-order valence-electron chi connectivity index (χ0n) is 15.6. The molecule has 0 aromatic heterocycles. The number of ether oxygens (including phenoxy) is 3. The Balaban J connectivity index is 2.58. The van der Waals surface area contributed by atoms with Crippen molar-refractivity contribution in [2.75, 3.05) is 13.2 Å². The first-order valence-corrected chi connectivity index (χ1v) is 8.63. The minimum absolute atomic E-state index is 0.000324. The molecule has 2 rings (SSSR count). The van der Waals surface area contributed by atoms with Crippen molar-refractivity contribution in [2.24, 2.45) is 5.73 Å². The van der Waals surface area contributed by atoms with E-state index in [1.165, 1.54) is 0 Å². The molecule has 138 valence electrons. The molecule has 1 aliphatic rings. The van der Waals surface area contributed by atoms with Crippen LogP contribution in [-0.2, 0) is 14.3 Å². The number of carbonyl (C=O) groups is 1. The van der Waals surface area contributed by atoms with Crippen LogP contribution in [0.25, 0.3) is 0 Å². The molecule has 1 unspecified atom stereocenters. The second-order valence-corrected chi connectivity index (χ2v) is 5.99. The Morgan fingerprint density at radius 1 is 1.35 bits per heavy atom. The van der Waals surface area contributed by atoms with E-state index in [0.717, 1.165) is 17.5 Å². The van der Waals surface area contributed by atoms with E-state index in [0.29, 0.717) is 18.1 Å². The summed E-state index contributed by atoms with van der Waals surface area (Å²) in [7, 11) is 0. The maximum absolute atomic E-state index is 12.5. The first-order chi connectivity index (χ1) is 12.4. The highest BCUT2D eigenvalue weighted by molar-refractivity contribution is 5.92. The highest BCUT2D eigenvalue weighted by Crippen LogP contribution is 2.40. The molecule has 0 bridgehead atoms. The Labute approximate surface area is 153 Å². The van der Waals surface area contributed by atoms with Gasteiger partial charge in [0.1, 0.15) is 23.2 Å². The molecule has 1 atom stereocenters. The number of aryl methyl sites for hydroxylation is 1. The van der Waals surface area contributed by atoms with Crippen LogP contribution < -0.4 is 10.5 Å². The van der Waals surface area contributed by atoms with Crippen molar-refractivity contribution < 1.29 is 19.0 Å². The lowest BCUT2D eigenvalue weighted by Gasteiger charge is -2.27. The van der Waals surface area contributed by atoms with Gasteiger partial charge in [-0.3, -0.25) is 0 Å². The van der Waals surface area contributed by atoms with Gasteiger partial charge in [0.25, 0.3) is 0 Å². The SMILES string of the molecule is CCCOc1cc(C2C(C#N)=C(N)OC(C)=C2C(=O)OCC)ccc1C. The van der Waals surface area contributed by atoms with Gasteiger partial charge in [0.2, 0.25) is 5.88 Å². The van der Waals surface area contributed by atoms with Gasteiger partial charge in [0.05, 0.1) is 24.7 Å². The first kappa shape index (κ1) is 19.4. The summed E-state index contributed by atoms with van der Waals surface area (Å²) < 4.78 is 16.4. The lowest BCUT2D eigenvalue weighted by molar-refractivity contribution is -0.139. The molecule has 2 N–H and O–H groups in total. The summed E-state index contributed by atoms with van der Waals surface area (Å²) in [6.07, 6.45) is 0.879. The minimum atomic E-state index is -0.655. The molecule has 1 aromatic carbocycles. The van der Waals surface area contributed by atoms with E-state index in [-0.39, 0.29) is 23.6 Å². The number of nitrogens with zero attached hydrogens (tertiary/aromatic N) is 1. The summed E-state index contributed by atoms with van der Waals surface area (Å²) in [5.74, 6) is -0.127. The standard InChI is InChI=1S/C20H24N2O4/c1-5-9-25-16-10-14(8-7-12(16)3)18-15(11-21)19(22)26-13(4)17(18)20(23)24-6-2/h7-8,10,18H,5-6,9,22H2,1-4H3. The van der Waals surface area contributed by atoms with Crippen LogP contribution >= 0.6 is 0 Å². The number of allylic oxidation sites excluding steroid dienone is 2. The molecule has 1 heterocycles. The fourth-order valence-electron chi connectivity index (χ4n) is 2.85. The van der Waals surface area contributed by atoms with Crippen molar-refractivity contribution in [2.45, 2.75) is 40.0 Å². The van der Waals surface area contributed by atoms with Crippen LogP contribution in [0.1, 0.15) is 44.2 Å². The minimum Gasteiger partial charge on any atom is -0.493 e. The second kappa shape index (κ2) is 8.43. The summed E-state index contributed by atoms with van der Waals surface area (Å²) >= 11 is 0. The van der Waals surface area contributed by atoms with Crippen LogP contribution in [0.2, 0.25) is 0 Å². The van der Waals surface area contributed by atoms with Gasteiger partial charge in [0.15, 0.2) is 0 Å². The number of hydrogen-bond acceptors (Lipinski definition) is 6. The molecule has 6 nitrogen and oxygen atoms in total. The van der Waals surface area contributed by atoms with Crippen LogP contribution in [0.15, 0.2) is 41.0 Å². The normalized spacial score (nSPS) is 16.8. The van der Waals surface area contributed by atoms with Gasteiger partial charge in [-0.1, -0.05) is 19.1 Å². The molecular formula is C20H24N2O4. The van der Waals surface area contributed by atoms with E-state index in [9.17, 15) is 10.1 Å². The number of hydrogen-bond donors (Lipinski definition) is 1. The summed E-state index contributed by atoms with van der Waals surface area (Å²) in [6.45, 7) is 8.15. The maximum atomic E-state index is 12.5. The third kappa shape index (κ3) is 3.83. The van der Waals surface area contributed by atoms with Gasteiger partial charge in [0, 0.05) is 0 Å². The zero-order valence-corrected chi connectivity index (χ0v) is 15.6. The molecule has 1 aromatic rings. The Morgan fingerprint density at radius 3 is 2.69 bits per heavy atom. The molecule has 0 saturated carbocycles. The van der Waals surface area contributed by atoms with E-state index in [1.807, 2.05) is 32.0 Å². The highest BCUT2D eigenvalue weighted by Gasteiger charge is 2.36. The van der Waals surface area contributed by atoms with Crippen molar-refractivity contribution in [3.63, 3.8) is 0 Å². The predicted molar refractivity (Wildman–Crippen MR) is 97.0 cm³/mol. The number of carbonyl (C=O) groups excluding carboxylic acids is 1. The lowest BCUT2D eigenvalue weighted by atomic mass is 9.82. The van der Waals surface area contributed by atoms with E-state index in [2.05, 4.69) is 6.07 Å². The van der Waals surface area contributed by atoms with Crippen molar-refractivity contribution in [3.05, 3.63) is 52.1 Å². The molecule has 0 aliphatic carbocycles. The van der Waals surface area contributed by atoms with Gasteiger partial charge >= 0.3 is 5.97 Å². The number of rotatable bonds is 6. The van der Waals surface area contributed by atoms with Gasteiger partial charge in [-0.15, -0.1) is 0 Å². The summed E-state index contributed by atoms with van der Waals surface area (Å²) in [5.41, 5.74) is 8.08. The summed E-state index contributed by atoms with van der Waals surface area (Å²) in [4.78, 5) is 12.5. The Kier molecular flexibility index (Phi) is 6.29. The molecule has 6 heteroatoms.